The number of Topliss-reactive ketones (excluding diaryl/α,β-unsaturated/α-hetero) is 1. The van der Waals surface area contributed by atoms with Gasteiger partial charge in [0.2, 0.25) is 5.91 Å². The highest BCUT2D eigenvalue weighted by Gasteiger charge is 2.46. The van der Waals surface area contributed by atoms with E-state index in [4.69, 9.17) is 9.47 Å². The number of hydrogen-bond donors (Lipinski definition) is 0. The third-order valence-electron chi connectivity index (χ3n) is 4.80. The highest BCUT2D eigenvalue weighted by molar-refractivity contribution is 5.92. The normalized spacial score (nSPS) is 24.2. The number of carbonyl (C=O) groups is 2. The molecule has 2 aliphatic heterocycles. The first-order valence-electron chi connectivity index (χ1n) is 8.70. The summed E-state index contributed by atoms with van der Waals surface area (Å²) in [6.07, 6.45) is 1.94. The smallest absolute Gasteiger partial charge is 0.223 e. The van der Waals surface area contributed by atoms with Crippen LogP contribution in [0.4, 0.5) is 0 Å². The molecule has 0 N–H and O–H groups in total. The number of rotatable bonds is 7. The van der Waals surface area contributed by atoms with Crippen LogP contribution < -0.4 is 0 Å². The number of carbonyl (C=O) groups excluding carboxylic acids is 2. The van der Waals surface area contributed by atoms with Gasteiger partial charge in [-0.25, -0.2) is 0 Å². The van der Waals surface area contributed by atoms with E-state index in [0.29, 0.717) is 32.1 Å². The molecule has 0 aromatic heterocycles. The minimum Gasteiger partial charge on any atom is -0.376 e. The standard InChI is InChI=1S/C19H25NO4/c1-14(11-23-12-15-5-3-2-4-6-15)7-8-18(22)20-10-9-17-19(20)16(21)13-24-17/h2-6,14,17,19H,7-13H2,1H3. The highest BCUT2D eigenvalue weighted by atomic mass is 16.5. The molecule has 2 heterocycles. The molecule has 0 spiro atoms. The van der Waals surface area contributed by atoms with Crippen molar-refractivity contribution in [3.05, 3.63) is 35.9 Å². The molecule has 3 unspecified atom stereocenters. The number of hydrogen-bond acceptors (Lipinski definition) is 4. The number of fused-ring (bicyclic) bond motifs is 1. The molecule has 2 saturated heterocycles. The Morgan fingerprint density at radius 1 is 1.38 bits per heavy atom. The molecule has 24 heavy (non-hydrogen) atoms. The van der Waals surface area contributed by atoms with Crippen LogP contribution in [-0.4, -0.2) is 48.5 Å². The van der Waals surface area contributed by atoms with Crippen LogP contribution in [0.25, 0.3) is 0 Å². The van der Waals surface area contributed by atoms with Gasteiger partial charge in [0.25, 0.3) is 0 Å². The van der Waals surface area contributed by atoms with E-state index in [2.05, 4.69) is 6.92 Å². The summed E-state index contributed by atoms with van der Waals surface area (Å²) in [5, 5.41) is 0. The van der Waals surface area contributed by atoms with Gasteiger partial charge < -0.3 is 14.4 Å². The zero-order chi connectivity index (χ0) is 16.9. The summed E-state index contributed by atoms with van der Waals surface area (Å²) in [7, 11) is 0. The van der Waals surface area contributed by atoms with E-state index in [1.54, 1.807) is 4.90 Å². The van der Waals surface area contributed by atoms with Crippen LogP contribution in [0, 0.1) is 5.92 Å². The number of likely N-dealkylation sites (tertiary alicyclic amines) is 1. The first-order chi connectivity index (χ1) is 11.6. The van der Waals surface area contributed by atoms with Gasteiger partial charge in [0.1, 0.15) is 12.6 Å². The molecule has 130 valence electrons. The molecule has 3 atom stereocenters. The second-order valence-electron chi connectivity index (χ2n) is 6.78. The third kappa shape index (κ3) is 4.02. The molecule has 1 aromatic rings. The van der Waals surface area contributed by atoms with E-state index in [1.165, 1.54) is 0 Å². The van der Waals surface area contributed by atoms with Gasteiger partial charge in [-0.2, -0.15) is 0 Å². The lowest BCUT2D eigenvalue weighted by Crippen LogP contribution is -2.42. The van der Waals surface area contributed by atoms with Gasteiger partial charge in [0, 0.05) is 19.6 Å². The first-order valence-corrected chi connectivity index (χ1v) is 8.70. The molecule has 0 aliphatic carbocycles. The van der Waals surface area contributed by atoms with E-state index in [1.807, 2.05) is 30.3 Å². The number of amides is 1. The Kier molecular flexibility index (Phi) is 5.63. The maximum Gasteiger partial charge on any atom is 0.223 e. The van der Waals surface area contributed by atoms with Crippen LogP contribution in [0.15, 0.2) is 30.3 Å². The zero-order valence-corrected chi connectivity index (χ0v) is 14.1. The third-order valence-corrected chi connectivity index (χ3v) is 4.80. The highest BCUT2D eigenvalue weighted by Crippen LogP contribution is 2.27. The average Bonchev–Trinajstić information content (AvgIpc) is 3.17. The van der Waals surface area contributed by atoms with Crippen LogP contribution in [0.3, 0.4) is 0 Å². The second-order valence-corrected chi connectivity index (χ2v) is 6.78. The minimum absolute atomic E-state index is 0.0464. The number of nitrogens with zero attached hydrogens (tertiary/aromatic N) is 1. The first kappa shape index (κ1) is 17.1. The van der Waals surface area contributed by atoms with Crippen LogP contribution >= 0.6 is 0 Å². The molecule has 2 fully saturated rings. The molecular formula is C19H25NO4. The molecule has 3 rings (SSSR count). The van der Waals surface area contributed by atoms with Gasteiger partial charge in [0.05, 0.1) is 12.7 Å². The minimum atomic E-state index is -0.331. The summed E-state index contributed by atoms with van der Waals surface area (Å²) in [6, 6.07) is 9.73. The fourth-order valence-electron chi connectivity index (χ4n) is 3.42. The van der Waals surface area contributed by atoms with Gasteiger partial charge >= 0.3 is 0 Å². The monoisotopic (exact) mass is 331 g/mol. The summed E-state index contributed by atoms with van der Waals surface area (Å²) in [4.78, 5) is 26.0. The van der Waals surface area contributed by atoms with Crippen LogP contribution in [0.1, 0.15) is 31.7 Å². The van der Waals surface area contributed by atoms with E-state index >= 15 is 0 Å². The molecule has 1 aromatic carbocycles. The van der Waals surface area contributed by atoms with Crippen molar-refractivity contribution in [3.63, 3.8) is 0 Å². The van der Waals surface area contributed by atoms with Crippen LogP contribution in [-0.2, 0) is 25.7 Å². The van der Waals surface area contributed by atoms with Crippen molar-refractivity contribution in [3.8, 4) is 0 Å². The Hall–Kier alpha value is -1.72. The van der Waals surface area contributed by atoms with E-state index < -0.39 is 0 Å². The van der Waals surface area contributed by atoms with Gasteiger partial charge in [-0.3, -0.25) is 9.59 Å². The maximum atomic E-state index is 12.4. The summed E-state index contributed by atoms with van der Waals surface area (Å²) >= 11 is 0. The Labute approximate surface area is 142 Å². The van der Waals surface area contributed by atoms with E-state index in [-0.39, 0.29) is 30.4 Å². The predicted molar refractivity (Wildman–Crippen MR) is 89.4 cm³/mol. The van der Waals surface area contributed by atoms with Crippen molar-refractivity contribution >= 4 is 11.7 Å². The topological polar surface area (TPSA) is 55.8 Å². The average molecular weight is 331 g/mol. The molecule has 5 nitrogen and oxygen atoms in total. The largest absolute Gasteiger partial charge is 0.376 e. The summed E-state index contributed by atoms with van der Waals surface area (Å²) in [5.74, 6) is 0.424. The van der Waals surface area contributed by atoms with Crippen LogP contribution in [0.2, 0.25) is 0 Å². The zero-order valence-electron chi connectivity index (χ0n) is 14.1. The predicted octanol–water partition coefficient (Wildman–Crippen LogP) is 2.19. The van der Waals surface area contributed by atoms with Crippen molar-refractivity contribution in [2.24, 2.45) is 5.92 Å². The van der Waals surface area contributed by atoms with E-state index in [9.17, 15) is 9.59 Å². The van der Waals surface area contributed by atoms with Gasteiger partial charge in [-0.05, 0) is 24.3 Å². The summed E-state index contributed by atoms with van der Waals surface area (Å²) in [5.41, 5.74) is 1.16. The molecule has 5 heteroatoms. The Bertz CT molecular complexity index is 574. The van der Waals surface area contributed by atoms with Crippen molar-refractivity contribution in [2.75, 3.05) is 19.8 Å². The lowest BCUT2D eigenvalue weighted by atomic mass is 10.1. The molecular weight excluding hydrogens is 306 g/mol. The van der Waals surface area contributed by atoms with Crippen molar-refractivity contribution < 1.29 is 19.1 Å². The molecule has 2 aliphatic rings. The fourth-order valence-corrected chi connectivity index (χ4v) is 3.42. The Morgan fingerprint density at radius 2 is 2.17 bits per heavy atom. The van der Waals surface area contributed by atoms with Crippen molar-refractivity contribution in [1.82, 2.24) is 4.90 Å². The maximum absolute atomic E-state index is 12.4. The SMILES string of the molecule is CC(CCC(=O)N1CCC2OCC(=O)C21)COCc1ccccc1. The number of ether oxygens (including phenoxy) is 2. The van der Waals surface area contributed by atoms with Crippen molar-refractivity contribution in [2.45, 2.75) is 44.9 Å². The fraction of sp³-hybridized carbons (Fsp3) is 0.579. The summed E-state index contributed by atoms with van der Waals surface area (Å²) in [6.45, 7) is 4.12. The lowest BCUT2D eigenvalue weighted by Gasteiger charge is -2.22. The number of benzene rings is 1. The van der Waals surface area contributed by atoms with E-state index in [0.717, 1.165) is 18.4 Å². The van der Waals surface area contributed by atoms with Crippen molar-refractivity contribution in [1.29, 1.82) is 0 Å². The Balaban J connectivity index is 1.37. The quantitative estimate of drug-likeness (QED) is 0.768. The molecule has 1 amide bonds. The second kappa shape index (κ2) is 7.90. The molecule has 0 saturated carbocycles. The lowest BCUT2D eigenvalue weighted by molar-refractivity contribution is -0.136. The van der Waals surface area contributed by atoms with Crippen LogP contribution in [0.5, 0.6) is 0 Å². The number of ketones is 1. The van der Waals surface area contributed by atoms with Gasteiger partial charge in [0.15, 0.2) is 5.78 Å². The molecule has 0 radical (unpaired) electrons. The van der Waals surface area contributed by atoms with Gasteiger partial charge in [-0.15, -0.1) is 0 Å². The Morgan fingerprint density at radius 3 is 2.96 bits per heavy atom. The summed E-state index contributed by atoms with van der Waals surface area (Å²) < 4.78 is 11.2. The van der Waals surface area contributed by atoms with Gasteiger partial charge in [-0.1, -0.05) is 37.3 Å². The molecule has 0 bridgehead atoms.